The van der Waals surface area contributed by atoms with E-state index in [0.29, 0.717) is 5.56 Å². The van der Waals surface area contributed by atoms with Gasteiger partial charge in [0, 0.05) is 5.56 Å². The van der Waals surface area contributed by atoms with Gasteiger partial charge in [0.1, 0.15) is 6.61 Å². The van der Waals surface area contributed by atoms with Crippen LogP contribution < -0.4 is 5.32 Å². The van der Waals surface area contributed by atoms with E-state index >= 15 is 0 Å². The van der Waals surface area contributed by atoms with Gasteiger partial charge in [0.25, 0.3) is 0 Å². The number of alkyl carbamates (subject to hydrolysis) is 1. The molecule has 0 spiro atoms. The number of carbonyl (C=O) groups excluding carboxylic acids is 1. The SMILES string of the molecule is O=C(O)C[C@@H](NC(=O)OCc1ccccc1)c1ccoc1. The molecule has 2 N–H and O–H groups in total. The maximum absolute atomic E-state index is 11.7. The third-order valence-electron chi connectivity index (χ3n) is 2.83. The zero-order valence-electron chi connectivity index (χ0n) is 11.2. The maximum Gasteiger partial charge on any atom is 0.407 e. The average molecular weight is 289 g/mol. The Balaban J connectivity index is 1.90. The fourth-order valence-electron chi connectivity index (χ4n) is 1.81. The number of carbonyl (C=O) groups is 2. The number of nitrogens with one attached hydrogen (secondary N) is 1. The monoisotopic (exact) mass is 289 g/mol. The van der Waals surface area contributed by atoms with E-state index in [4.69, 9.17) is 14.3 Å². The van der Waals surface area contributed by atoms with Crippen LogP contribution in [0.15, 0.2) is 53.3 Å². The summed E-state index contributed by atoms with van der Waals surface area (Å²) < 4.78 is 9.97. The number of hydrogen-bond acceptors (Lipinski definition) is 4. The summed E-state index contributed by atoms with van der Waals surface area (Å²) >= 11 is 0. The van der Waals surface area contributed by atoms with Crippen LogP contribution in [0.25, 0.3) is 0 Å². The van der Waals surface area contributed by atoms with E-state index in [1.165, 1.54) is 12.5 Å². The van der Waals surface area contributed by atoms with Crippen molar-refractivity contribution < 1.29 is 23.8 Å². The van der Waals surface area contributed by atoms with E-state index in [2.05, 4.69) is 5.32 Å². The van der Waals surface area contributed by atoms with E-state index < -0.39 is 18.1 Å². The lowest BCUT2D eigenvalue weighted by atomic mass is 10.1. The lowest BCUT2D eigenvalue weighted by Gasteiger charge is -2.15. The van der Waals surface area contributed by atoms with Gasteiger partial charge in [-0.15, -0.1) is 0 Å². The molecule has 2 rings (SSSR count). The second-order valence-electron chi connectivity index (χ2n) is 4.41. The summed E-state index contributed by atoms with van der Waals surface area (Å²) in [4.78, 5) is 22.6. The molecule has 6 heteroatoms. The molecule has 2 aromatic rings. The zero-order chi connectivity index (χ0) is 15.1. The molecule has 0 aliphatic carbocycles. The lowest BCUT2D eigenvalue weighted by Crippen LogP contribution is -2.30. The number of amides is 1. The average Bonchev–Trinajstić information content (AvgIpc) is 2.99. The standard InChI is InChI=1S/C15H15NO5/c17-14(18)8-13(12-6-7-20-10-12)16-15(19)21-9-11-4-2-1-3-5-11/h1-7,10,13H,8-9H2,(H,16,19)(H,17,18)/t13-/m1/s1. The quantitative estimate of drug-likeness (QED) is 0.853. The Morgan fingerprint density at radius 3 is 2.62 bits per heavy atom. The molecule has 0 saturated heterocycles. The highest BCUT2D eigenvalue weighted by Gasteiger charge is 2.19. The molecule has 0 unspecified atom stereocenters. The molecular formula is C15H15NO5. The van der Waals surface area contributed by atoms with Crippen LogP contribution in [0.3, 0.4) is 0 Å². The molecule has 0 bridgehead atoms. The highest BCUT2D eigenvalue weighted by atomic mass is 16.5. The lowest BCUT2D eigenvalue weighted by molar-refractivity contribution is -0.137. The van der Waals surface area contributed by atoms with E-state index in [9.17, 15) is 9.59 Å². The Labute approximate surface area is 121 Å². The molecule has 1 heterocycles. The van der Waals surface area contributed by atoms with Crippen LogP contribution in [0.5, 0.6) is 0 Å². The molecule has 0 fully saturated rings. The third kappa shape index (κ3) is 4.68. The summed E-state index contributed by atoms with van der Waals surface area (Å²) in [6, 6.07) is 10.1. The first-order valence-corrected chi connectivity index (χ1v) is 6.36. The van der Waals surface area contributed by atoms with Crippen molar-refractivity contribution in [1.82, 2.24) is 5.32 Å². The largest absolute Gasteiger partial charge is 0.481 e. The molecule has 0 saturated carbocycles. The number of aliphatic carboxylic acids is 1. The van der Waals surface area contributed by atoms with Gasteiger partial charge in [0.05, 0.1) is 25.0 Å². The number of carboxylic acids is 1. The zero-order valence-corrected chi connectivity index (χ0v) is 11.2. The van der Waals surface area contributed by atoms with E-state index in [1.807, 2.05) is 30.3 Å². The second-order valence-corrected chi connectivity index (χ2v) is 4.41. The topological polar surface area (TPSA) is 88.8 Å². The summed E-state index contributed by atoms with van der Waals surface area (Å²) in [6.07, 6.45) is 1.89. The molecule has 1 amide bonds. The van der Waals surface area contributed by atoms with E-state index in [-0.39, 0.29) is 13.0 Å². The van der Waals surface area contributed by atoms with Gasteiger partial charge in [-0.05, 0) is 11.6 Å². The fourth-order valence-corrected chi connectivity index (χ4v) is 1.81. The molecule has 110 valence electrons. The Hall–Kier alpha value is -2.76. The van der Waals surface area contributed by atoms with Gasteiger partial charge in [0.15, 0.2) is 0 Å². The van der Waals surface area contributed by atoms with Crippen molar-refractivity contribution in [2.45, 2.75) is 19.1 Å². The second kappa shape index (κ2) is 7.14. The van der Waals surface area contributed by atoms with Crippen LogP contribution in [0.4, 0.5) is 4.79 Å². The van der Waals surface area contributed by atoms with E-state index in [1.54, 1.807) is 6.07 Å². The van der Waals surface area contributed by atoms with Crippen LogP contribution in [-0.4, -0.2) is 17.2 Å². The van der Waals surface area contributed by atoms with Crippen molar-refractivity contribution in [3.05, 3.63) is 60.1 Å². The van der Waals surface area contributed by atoms with Gasteiger partial charge in [-0.1, -0.05) is 30.3 Å². The van der Waals surface area contributed by atoms with Crippen molar-refractivity contribution in [3.63, 3.8) is 0 Å². The summed E-state index contributed by atoms with van der Waals surface area (Å²) in [7, 11) is 0. The third-order valence-corrected chi connectivity index (χ3v) is 2.83. The van der Waals surface area contributed by atoms with Crippen molar-refractivity contribution in [2.75, 3.05) is 0 Å². The number of hydrogen-bond donors (Lipinski definition) is 2. The highest BCUT2D eigenvalue weighted by molar-refractivity contribution is 5.71. The number of ether oxygens (including phenoxy) is 1. The number of furan rings is 1. The molecule has 0 aliphatic heterocycles. The number of benzene rings is 1. The molecule has 21 heavy (non-hydrogen) atoms. The minimum Gasteiger partial charge on any atom is -0.481 e. The van der Waals surface area contributed by atoms with Gasteiger partial charge in [0.2, 0.25) is 0 Å². The Kier molecular flexibility index (Phi) is 4.98. The van der Waals surface area contributed by atoms with Crippen LogP contribution in [0.2, 0.25) is 0 Å². The minimum absolute atomic E-state index is 0.123. The predicted octanol–water partition coefficient (Wildman–Crippen LogP) is 2.72. The molecule has 1 aromatic heterocycles. The Morgan fingerprint density at radius 1 is 1.24 bits per heavy atom. The summed E-state index contributed by atoms with van der Waals surface area (Å²) in [6.45, 7) is 0.123. The van der Waals surface area contributed by atoms with Crippen molar-refractivity contribution in [2.24, 2.45) is 0 Å². The van der Waals surface area contributed by atoms with Crippen molar-refractivity contribution in [3.8, 4) is 0 Å². The minimum atomic E-state index is -1.02. The summed E-state index contributed by atoms with van der Waals surface area (Å²) in [5, 5.41) is 11.4. The van der Waals surface area contributed by atoms with E-state index in [0.717, 1.165) is 5.56 Å². The van der Waals surface area contributed by atoms with Crippen molar-refractivity contribution >= 4 is 12.1 Å². The molecule has 6 nitrogen and oxygen atoms in total. The molecule has 1 aromatic carbocycles. The Bertz CT molecular complexity index is 579. The number of rotatable bonds is 6. The van der Waals surface area contributed by atoms with Gasteiger partial charge in [-0.25, -0.2) is 4.79 Å². The van der Waals surface area contributed by atoms with Crippen LogP contribution in [0.1, 0.15) is 23.6 Å². The Morgan fingerprint density at radius 2 is 2.00 bits per heavy atom. The molecular weight excluding hydrogens is 274 g/mol. The fraction of sp³-hybridized carbons (Fsp3) is 0.200. The maximum atomic E-state index is 11.7. The van der Waals surface area contributed by atoms with Gasteiger partial charge >= 0.3 is 12.1 Å². The smallest absolute Gasteiger partial charge is 0.407 e. The van der Waals surface area contributed by atoms with Gasteiger partial charge < -0.3 is 19.6 Å². The van der Waals surface area contributed by atoms with Crippen LogP contribution in [0, 0.1) is 0 Å². The molecule has 0 radical (unpaired) electrons. The van der Waals surface area contributed by atoms with Crippen LogP contribution in [-0.2, 0) is 16.1 Å². The van der Waals surface area contributed by atoms with Crippen LogP contribution >= 0.6 is 0 Å². The first-order valence-electron chi connectivity index (χ1n) is 6.36. The predicted molar refractivity (Wildman–Crippen MR) is 73.5 cm³/mol. The van der Waals surface area contributed by atoms with Gasteiger partial charge in [-0.3, -0.25) is 4.79 Å². The molecule has 1 atom stereocenters. The number of carboxylic acid groups (broad SMARTS) is 1. The summed E-state index contributed by atoms with van der Waals surface area (Å²) in [5.41, 5.74) is 1.43. The van der Waals surface area contributed by atoms with Gasteiger partial charge in [-0.2, -0.15) is 0 Å². The molecule has 0 aliphatic rings. The first kappa shape index (κ1) is 14.6. The first-order chi connectivity index (χ1) is 10.1. The normalized spacial score (nSPS) is 11.6. The highest BCUT2D eigenvalue weighted by Crippen LogP contribution is 2.17. The summed E-state index contributed by atoms with van der Waals surface area (Å²) in [5.74, 6) is -1.02. The van der Waals surface area contributed by atoms with Crippen molar-refractivity contribution in [1.29, 1.82) is 0 Å².